The number of hydrogen-bond donors (Lipinski definition) is 0. The first-order valence-corrected chi connectivity index (χ1v) is 33.5. The van der Waals surface area contributed by atoms with E-state index in [9.17, 15) is 9.18 Å². The van der Waals surface area contributed by atoms with E-state index in [1.54, 1.807) is 11.0 Å². The number of benzene rings is 3. The molecule has 0 radical (unpaired) electrons. The Kier molecular flexibility index (Phi) is 18.0. The Balaban J connectivity index is 1.16. The van der Waals surface area contributed by atoms with Gasteiger partial charge in [0.05, 0.1) is 29.7 Å². The number of nitrogens with zero attached hydrogens (tertiary/aromatic N) is 5. The zero-order valence-electron chi connectivity index (χ0n) is 48.9. The average Bonchev–Trinajstić information content (AvgIpc) is 3.88. The minimum Gasteiger partial charge on any atom is -0.543 e. The van der Waals surface area contributed by atoms with Crippen LogP contribution in [-0.2, 0) is 26.9 Å². The number of carbonyl (C=O) groups excluding carboxylic acids is 1. The summed E-state index contributed by atoms with van der Waals surface area (Å²) in [6.45, 7) is 32.3. The Labute approximate surface area is 463 Å². The van der Waals surface area contributed by atoms with Crippen molar-refractivity contribution in [1.29, 1.82) is 0 Å². The highest BCUT2D eigenvalue weighted by atomic mass is 28.4. The van der Waals surface area contributed by atoms with Crippen molar-refractivity contribution in [2.24, 2.45) is 0 Å². The Morgan fingerprint density at radius 3 is 2.24 bits per heavy atom. The quantitative estimate of drug-likeness (QED) is 0.0581. The second-order valence-corrected chi connectivity index (χ2v) is 35.8. The lowest BCUT2D eigenvalue weighted by molar-refractivity contribution is -0.00142. The van der Waals surface area contributed by atoms with E-state index < -0.39 is 51.7 Å². The van der Waals surface area contributed by atoms with E-state index in [0.717, 1.165) is 24.9 Å². The summed E-state index contributed by atoms with van der Waals surface area (Å²) in [4.78, 5) is 31.8. The minimum atomic E-state index is -2.57. The zero-order valence-corrected chi connectivity index (χ0v) is 50.9. The molecule has 4 atom stereocenters. The molecule has 0 bridgehead atoms. The van der Waals surface area contributed by atoms with Crippen molar-refractivity contribution >= 4 is 44.4 Å². The normalized spacial score (nSPS) is 20.8. The van der Waals surface area contributed by atoms with Crippen LogP contribution in [0.3, 0.4) is 0 Å². The molecule has 3 saturated heterocycles. The zero-order chi connectivity index (χ0) is 56.5. The number of pyridine rings is 1. The standard InChI is InChI=1S/C61H86F3N5O7Si2/c1-39(2)78(40(3)4,41(5)6)76-47-30-43-23-26-51(63)48(22-18-29-71-45-24-25-46(75-77(13,14)60(10,11)12)36-68(35-45)58(70)74-59(7,8)9)52(43)49(31-47)54-53(64)55-50(33-65-54)56(72-37-42-20-16-15-17-21-42)67-57(66-55)73-38-61-27-19-28-69(61)34-44(62)32-61/h15-17,20-21,23,26,30-31,33,39-41,44-46H,18-19,22,24-25,27-29,32,34-38H2,1-14H3/t44-,45-,46+,61+/m1/s1. The van der Waals surface area contributed by atoms with E-state index in [1.165, 1.54) is 12.3 Å². The number of amides is 1. The number of rotatable bonds is 19. The van der Waals surface area contributed by atoms with Gasteiger partial charge < -0.3 is 32.7 Å². The van der Waals surface area contributed by atoms with Crippen molar-refractivity contribution in [2.45, 2.75) is 199 Å². The van der Waals surface area contributed by atoms with Crippen LogP contribution in [0.1, 0.15) is 133 Å². The van der Waals surface area contributed by atoms with Gasteiger partial charge in [0.25, 0.3) is 8.32 Å². The number of hydrogen-bond acceptors (Lipinski definition) is 11. The molecule has 3 aromatic carbocycles. The lowest BCUT2D eigenvalue weighted by atomic mass is 9.93. The summed E-state index contributed by atoms with van der Waals surface area (Å²) in [6.07, 6.45) is 3.74. The summed E-state index contributed by atoms with van der Waals surface area (Å²) in [7, 11) is -4.74. The Hall–Kier alpha value is -4.82. The minimum absolute atomic E-state index is 0.0144. The number of likely N-dealkylation sites (tertiary alicyclic amines) is 1. The number of aryl methyl sites for hydroxylation is 1. The van der Waals surface area contributed by atoms with Gasteiger partial charge in [0, 0.05) is 37.9 Å². The molecule has 8 rings (SSSR count). The first-order valence-electron chi connectivity index (χ1n) is 28.5. The van der Waals surface area contributed by atoms with Gasteiger partial charge in [-0.1, -0.05) is 98.7 Å². The van der Waals surface area contributed by atoms with E-state index >= 15 is 8.78 Å². The molecular weight excluding hydrogens is 1030 g/mol. The predicted octanol–water partition coefficient (Wildman–Crippen LogP) is 15.0. The highest BCUT2D eigenvalue weighted by Crippen LogP contribution is 2.47. The number of ether oxygens (including phenoxy) is 4. The van der Waals surface area contributed by atoms with Crippen molar-refractivity contribution in [3.05, 3.63) is 83.6 Å². The molecule has 0 spiro atoms. The molecule has 3 aliphatic rings. The van der Waals surface area contributed by atoms with Gasteiger partial charge in [-0.2, -0.15) is 9.97 Å². The van der Waals surface area contributed by atoms with Crippen molar-refractivity contribution in [3.8, 4) is 28.9 Å². The molecular formula is C61H86F3N5O7Si2. The van der Waals surface area contributed by atoms with Gasteiger partial charge in [-0.05, 0) is 141 Å². The maximum absolute atomic E-state index is 18.1. The van der Waals surface area contributed by atoms with Crippen molar-refractivity contribution in [3.63, 3.8) is 0 Å². The molecule has 0 N–H and O–H groups in total. The van der Waals surface area contributed by atoms with Crippen LogP contribution in [0.5, 0.6) is 17.6 Å². The molecule has 3 fully saturated rings. The summed E-state index contributed by atoms with van der Waals surface area (Å²) >= 11 is 0. The highest BCUT2D eigenvalue weighted by Gasteiger charge is 2.50. The van der Waals surface area contributed by atoms with Gasteiger partial charge in [-0.25, -0.2) is 18.0 Å². The van der Waals surface area contributed by atoms with Crippen LogP contribution in [0.4, 0.5) is 18.0 Å². The molecule has 78 heavy (non-hydrogen) atoms. The summed E-state index contributed by atoms with van der Waals surface area (Å²) < 4.78 is 89.1. The molecule has 2 aromatic heterocycles. The second-order valence-electron chi connectivity index (χ2n) is 25.7. The maximum atomic E-state index is 18.1. The molecule has 12 nitrogen and oxygen atoms in total. The van der Waals surface area contributed by atoms with Crippen LogP contribution >= 0.6 is 0 Å². The molecule has 5 heterocycles. The molecule has 3 aliphatic heterocycles. The Morgan fingerprint density at radius 1 is 0.872 bits per heavy atom. The fraction of sp³-hybridized carbons (Fsp3) is 0.607. The summed E-state index contributed by atoms with van der Waals surface area (Å²) in [6, 6.07) is 16.5. The molecule has 426 valence electrons. The first-order chi connectivity index (χ1) is 36.7. The van der Waals surface area contributed by atoms with Crippen molar-refractivity contribution in [1.82, 2.24) is 24.8 Å². The Morgan fingerprint density at radius 2 is 1.56 bits per heavy atom. The highest BCUT2D eigenvalue weighted by molar-refractivity contribution is 6.78. The number of alkyl halides is 1. The van der Waals surface area contributed by atoms with E-state index in [4.69, 9.17) is 37.8 Å². The largest absolute Gasteiger partial charge is 0.543 e. The molecule has 0 aliphatic carbocycles. The third-order valence-electron chi connectivity index (χ3n) is 17.0. The first kappa shape index (κ1) is 59.3. The van der Waals surface area contributed by atoms with Crippen molar-refractivity contribution in [2.75, 3.05) is 39.4 Å². The fourth-order valence-electron chi connectivity index (χ4n) is 12.2. The van der Waals surface area contributed by atoms with Crippen LogP contribution < -0.4 is 13.9 Å². The van der Waals surface area contributed by atoms with E-state index in [1.807, 2.05) is 63.2 Å². The monoisotopic (exact) mass is 1110 g/mol. The molecule has 0 unspecified atom stereocenters. The summed E-state index contributed by atoms with van der Waals surface area (Å²) in [5.74, 6) is -0.556. The van der Waals surface area contributed by atoms with Crippen molar-refractivity contribution < 1.29 is 45.8 Å². The van der Waals surface area contributed by atoms with Gasteiger partial charge in [-0.15, -0.1) is 0 Å². The molecule has 5 aromatic rings. The van der Waals surface area contributed by atoms with Crippen LogP contribution in [0.15, 0.2) is 60.8 Å². The van der Waals surface area contributed by atoms with Crippen LogP contribution in [-0.4, -0.2) is 116 Å². The van der Waals surface area contributed by atoms with Crippen LogP contribution in [0.2, 0.25) is 34.8 Å². The SMILES string of the molecule is CC(C)[Si](Oc1cc(-c2ncc3c(OCc4ccccc4)nc(OC[C@@]45CCCN4C[C@H](F)C5)nc3c2F)c2c(CCCO[C@@H]3CC[C@H](O[Si](C)(C)C(C)(C)C)CN(C(=O)OC(C)(C)C)C3)c(F)ccc2c1)(C(C)C)C(C)C. The van der Waals surface area contributed by atoms with Gasteiger partial charge >= 0.3 is 12.1 Å². The third-order valence-corrected chi connectivity index (χ3v) is 27.5. The summed E-state index contributed by atoms with van der Waals surface area (Å²) in [5, 5.41) is 1.40. The molecule has 17 heteroatoms. The van der Waals surface area contributed by atoms with Gasteiger partial charge in [0.15, 0.2) is 14.1 Å². The number of fused-ring (bicyclic) bond motifs is 3. The lowest BCUT2D eigenvalue weighted by Gasteiger charge is -2.42. The van der Waals surface area contributed by atoms with Crippen LogP contribution in [0, 0.1) is 11.6 Å². The smallest absolute Gasteiger partial charge is 0.410 e. The Bertz CT molecular complexity index is 2880. The van der Waals surface area contributed by atoms with E-state index in [-0.39, 0.29) is 88.6 Å². The molecule has 1 amide bonds. The fourth-order valence-corrected chi connectivity index (χ4v) is 18.8. The average molecular weight is 1110 g/mol. The topological polar surface area (TPSA) is 118 Å². The number of halogens is 3. The van der Waals surface area contributed by atoms with E-state index in [0.29, 0.717) is 73.0 Å². The number of carbonyl (C=O) groups is 1. The maximum Gasteiger partial charge on any atom is 0.410 e. The lowest BCUT2D eigenvalue weighted by Crippen LogP contribution is -2.50. The van der Waals surface area contributed by atoms with Gasteiger partial charge in [0.2, 0.25) is 5.88 Å². The number of aromatic nitrogens is 3. The van der Waals surface area contributed by atoms with Gasteiger partial charge in [-0.3, -0.25) is 9.88 Å². The van der Waals surface area contributed by atoms with E-state index in [2.05, 4.69) is 85.3 Å². The van der Waals surface area contributed by atoms with Crippen LogP contribution in [0.25, 0.3) is 32.9 Å². The second kappa shape index (κ2) is 23.7. The third kappa shape index (κ3) is 13.0. The summed E-state index contributed by atoms with van der Waals surface area (Å²) in [5.41, 5.74) is 1.01. The molecule has 0 saturated carbocycles. The predicted molar refractivity (Wildman–Crippen MR) is 308 cm³/mol. The van der Waals surface area contributed by atoms with Gasteiger partial charge in [0.1, 0.15) is 47.8 Å².